The van der Waals surface area contributed by atoms with E-state index in [0.29, 0.717) is 19.3 Å². The molecule has 0 bridgehead atoms. The highest BCUT2D eigenvalue weighted by molar-refractivity contribution is 5.92. The number of nitrogens with zero attached hydrogens (tertiary/aromatic N) is 1. The first-order valence-corrected chi connectivity index (χ1v) is 10.9. The molecule has 162 valence electrons. The second-order valence-corrected chi connectivity index (χ2v) is 8.60. The number of benzene rings is 2. The van der Waals surface area contributed by atoms with Crippen molar-refractivity contribution < 1.29 is 19.5 Å². The number of hydrogen-bond acceptors (Lipinski definition) is 3. The van der Waals surface area contributed by atoms with Crippen LogP contribution in [0.3, 0.4) is 0 Å². The number of carboxylic acid groups (broad SMARTS) is 1. The van der Waals surface area contributed by atoms with Gasteiger partial charge in [-0.1, -0.05) is 61.5 Å². The number of carbonyl (C=O) groups excluding carboxylic acids is 2. The summed E-state index contributed by atoms with van der Waals surface area (Å²) >= 11 is 0. The fourth-order valence-electron chi connectivity index (χ4n) is 4.87. The van der Waals surface area contributed by atoms with Gasteiger partial charge in [0.2, 0.25) is 11.8 Å². The Morgan fingerprint density at radius 2 is 1.81 bits per heavy atom. The van der Waals surface area contributed by atoms with E-state index in [-0.39, 0.29) is 23.8 Å². The van der Waals surface area contributed by atoms with Gasteiger partial charge in [-0.3, -0.25) is 9.59 Å². The zero-order valence-corrected chi connectivity index (χ0v) is 17.7. The molecule has 2 heterocycles. The highest BCUT2D eigenvalue weighted by Gasteiger charge is 2.44. The van der Waals surface area contributed by atoms with Crippen molar-refractivity contribution in [1.82, 2.24) is 10.2 Å². The summed E-state index contributed by atoms with van der Waals surface area (Å²) in [6.07, 6.45) is 2.87. The quantitative estimate of drug-likeness (QED) is 0.778. The average Bonchev–Trinajstić information content (AvgIpc) is 2.89. The summed E-state index contributed by atoms with van der Waals surface area (Å²) in [6.45, 7) is 1.85. The maximum Gasteiger partial charge on any atom is 0.326 e. The molecule has 1 saturated heterocycles. The van der Waals surface area contributed by atoms with Gasteiger partial charge < -0.3 is 15.3 Å². The monoisotopic (exact) mass is 420 g/mol. The third-order valence-corrected chi connectivity index (χ3v) is 6.45. The molecule has 0 aliphatic carbocycles. The Morgan fingerprint density at radius 3 is 2.55 bits per heavy atom. The van der Waals surface area contributed by atoms with Crippen LogP contribution in [0.4, 0.5) is 0 Å². The zero-order valence-electron chi connectivity index (χ0n) is 17.7. The van der Waals surface area contributed by atoms with Crippen LogP contribution in [0.1, 0.15) is 48.9 Å². The molecule has 31 heavy (non-hydrogen) atoms. The van der Waals surface area contributed by atoms with Gasteiger partial charge in [-0.05, 0) is 42.4 Å². The summed E-state index contributed by atoms with van der Waals surface area (Å²) in [5.41, 5.74) is 3.05. The Bertz CT molecular complexity index is 974. The van der Waals surface area contributed by atoms with E-state index in [2.05, 4.69) is 5.32 Å². The van der Waals surface area contributed by atoms with Crippen molar-refractivity contribution in [2.24, 2.45) is 5.92 Å². The van der Waals surface area contributed by atoms with Crippen LogP contribution in [0, 0.1) is 5.92 Å². The molecule has 2 N–H and O–H groups in total. The molecule has 2 aromatic rings. The van der Waals surface area contributed by atoms with Gasteiger partial charge in [0.25, 0.3) is 0 Å². The van der Waals surface area contributed by atoms with E-state index in [1.807, 2.05) is 61.5 Å². The number of nitrogens with one attached hydrogen (secondary N) is 1. The lowest BCUT2D eigenvalue weighted by Gasteiger charge is -2.40. The first-order chi connectivity index (χ1) is 15.0. The highest BCUT2D eigenvalue weighted by atomic mass is 16.4. The summed E-state index contributed by atoms with van der Waals surface area (Å²) in [6, 6.07) is 15.7. The van der Waals surface area contributed by atoms with Crippen molar-refractivity contribution in [2.45, 2.75) is 57.2 Å². The number of piperidine rings is 1. The van der Waals surface area contributed by atoms with Gasteiger partial charge in [0.1, 0.15) is 12.1 Å². The first kappa shape index (κ1) is 21.1. The molecule has 6 heteroatoms. The molecule has 2 aliphatic heterocycles. The van der Waals surface area contributed by atoms with Crippen molar-refractivity contribution in [2.75, 3.05) is 0 Å². The predicted molar refractivity (Wildman–Crippen MR) is 116 cm³/mol. The average molecular weight is 421 g/mol. The maximum absolute atomic E-state index is 13.5. The largest absolute Gasteiger partial charge is 0.480 e. The van der Waals surface area contributed by atoms with Crippen molar-refractivity contribution in [1.29, 1.82) is 0 Å². The lowest BCUT2D eigenvalue weighted by molar-refractivity contribution is -0.156. The highest BCUT2D eigenvalue weighted by Crippen LogP contribution is 2.39. The summed E-state index contributed by atoms with van der Waals surface area (Å²) in [5, 5.41) is 12.7. The van der Waals surface area contributed by atoms with Gasteiger partial charge >= 0.3 is 5.97 Å². The van der Waals surface area contributed by atoms with Crippen LogP contribution < -0.4 is 5.32 Å². The molecule has 4 atom stereocenters. The summed E-state index contributed by atoms with van der Waals surface area (Å²) < 4.78 is 0. The molecule has 0 saturated carbocycles. The van der Waals surface area contributed by atoms with E-state index in [4.69, 9.17) is 0 Å². The van der Waals surface area contributed by atoms with E-state index < -0.39 is 18.1 Å². The van der Waals surface area contributed by atoms with E-state index >= 15 is 0 Å². The molecule has 0 radical (unpaired) electrons. The minimum atomic E-state index is -0.986. The number of hydrogen-bond donors (Lipinski definition) is 2. The second-order valence-electron chi connectivity index (χ2n) is 8.60. The van der Waals surface area contributed by atoms with Crippen LogP contribution in [0.25, 0.3) is 0 Å². The van der Waals surface area contributed by atoms with Crippen LogP contribution in [0.15, 0.2) is 54.6 Å². The molecule has 0 spiro atoms. The van der Waals surface area contributed by atoms with E-state index in [1.54, 1.807) is 0 Å². The SMILES string of the molecule is CC(Cc1ccccc1)C(=O)NC1Cc2ccccc2C2CCCC(C(=O)O)N2C1=O. The molecule has 2 amide bonds. The third-order valence-electron chi connectivity index (χ3n) is 6.45. The minimum absolute atomic E-state index is 0.193. The number of carbonyl (C=O) groups is 3. The maximum atomic E-state index is 13.5. The number of fused-ring (bicyclic) bond motifs is 3. The van der Waals surface area contributed by atoms with Crippen LogP contribution >= 0.6 is 0 Å². The van der Waals surface area contributed by atoms with Crippen molar-refractivity contribution >= 4 is 17.8 Å². The second kappa shape index (κ2) is 8.92. The topological polar surface area (TPSA) is 86.7 Å². The van der Waals surface area contributed by atoms with Gasteiger partial charge in [-0.15, -0.1) is 0 Å². The molecule has 4 unspecified atom stereocenters. The van der Waals surface area contributed by atoms with E-state index in [1.165, 1.54) is 4.90 Å². The fraction of sp³-hybridized carbons (Fsp3) is 0.400. The van der Waals surface area contributed by atoms with Crippen LogP contribution in [-0.4, -0.2) is 39.9 Å². The zero-order chi connectivity index (χ0) is 22.0. The number of rotatable bonds is 5. The van der Waals surface area contributed by atoms with Gasteiger partial charge in [0.05, 0.1) is 6.04 Å². The Balaban J connectivity index is 1.59. The van der Waals surface area contributed by atoms with Gasteiger partial charge in [-0.2, -0.15) is 0 Å². The molecular weight excluding hydrogens is 392 g/mol. The molecule has 4 rings (SSSR count). The minimum Gasteiger partial charge on any atom is -0.480 e. The summed E-state index contributed by atoms with van der Waals surface area (Å²) in [5.74, 6) is -1.78. The van der Waals surface area contributed by atoms with E-state index in [0.717, 1.165) is 29.5 Å². The van der Waals surface area contributed by atoms with Gasteiger partial charge in [0, 0.05) is 12.3 Å². The number of amides is 2. The molecule has 0 aromatic heterocycles. The Kier molecular flexibility index (Phi) is 6.07. The van der Waals surface area contributed by atoms with Gasteiger partial charge in [0.15, 0.2) is 0 Å². The predicted octanol–water partition coefficient (Wildman–Crippen LogP) is 3.11. The number of aliphatic carboxylic acids is 1. The van der Waals surface area contributed by atoms with Crippen LogP contribution in [0.5, 0.6) is 0 Å². The molecule has 6 nitrogen and oxygen atoms in total. The van der Waals surface area contributed by atoms with Gasteiger partial charge in [-0.25, -0.2) is 4.79 Å². The van der Waals surface area contributed by atoms with Crippen molar-refractivity contribution in [3.8, 4) is 0 Å². The lowest BCUT2D eigenvalue weighted by atomic mass is 9.89. The summed E-state index contributed by atoms with van der Waals surface area (Å²) in [7, 11) is 0. The number of carboxylic acids is 1. The smallest absolute Gasteiger partial charge is 0.326 e. The molecular formula is C25H28N2O4. The summed E-state index contributed by atoms with van der Waals surface area (Å²) in [4.78, 5) is 39.9. The molecule has 1 fully saturated rings. The molecule has 2 aromatic carbocycles. The van der Waals surface area contributed by atoms with Crippen molar-refractivity contribution in [3.63, 3.8) is 0 Å². The van der Waals surface area contributed by atoms with Crippen molar-refractivity contribution in [3.05, 3.63) is 71.3 Å². The standard InChI is InChI=1S/C25H28N2O4/c1-16(14-17-8-3-2-4-9-17)23(28)26-20-15-18-10-5-6-11-19(18)21-12-7-13-22(25(30)31)27(21)24(20)29/h2-6,8-11,16,20-22H,7,12-15H2,1H3,(H,26,28)(H,30,31). The lowest BCUT2D eigenvalue weighted by Crippen LogP contribution is -2.56. The Hall–Kier alpha value is -3.15. The normalized spacial score (nSPS) is 23.8. The Morgan fingerprint density at radius 1 is 1.10 bits per heavy atom. The Labute approximate surface area is 182 Å². The van der Waals surface area contributed by atoms with Crippen LogP contribution in [-0.2, 0) is 27.2 Å². The first-order valence-electron chi connectivity index (χ1n) is 10.9. The van der Waals surface area contributed by atoms with E-state index in [9.17, 15) is 19.5 Å². The third kappa shape index (κ3) is 4.33. The van der Waals surface area contributed by atoms with Crippen LogP contribution in [0.2, 0.25) is 0 Å². The fourth-order valence-corrected chi connectivity index (χ4v) is 4.87. The molecule has 2 aliphatic rings.